The molecule has 0 aliphatic heterocycles. The Bertz CT molecular complexity index is 807. The highest BCUT2D eigenvalue weighted by atomic mass is 19.1. The molecular weight excluding hydrogens is 281 g/mol. The van der Waals surface area contributed by atoms with Crippen molar-refractivity contribution in [1.82, 2.24) is 9.97 Å². The topological polar surface area (TPSA) is 38.2 Å². The highest BCUT2D eigenvalue weighted by Gasteiger charge is 2.12. The third-order valence-electron chi connectivity index (χ3n) is 3.54. The van der Waals surface area contributed by atoms with E-state index in [1.54, 1.807) is 13.2 Å². The van der Waals surface area contributed by atoms with Crippen LogP contribution in [0.1, 0.15) is 5.56 Å². The number of anilines is 1. The number of benzene rings is 2. The van der Waals surface area contributed by atoms with Crippen molar-refractivity contribution in [2.24, 2.45) is 0 Å². The molecule has 1 aromatic heterocycles. The van der Waals surface area contributed by atoms with E-state index >= 15 is 0 Å². The minimum atomic E-state index is -0.297. The van der Waals surface area contributed by atoms with Crippen LogP contribution in [0.5, 0.6) is 5.75 Å². The molecule has 0 N–H and O–H groups in total. The zero-order valence-corrected chi connectivity index (χ0v) is 12.5. The zero-order chi connectivity index (χ0) is 15.5. The first-order valence-corrected chi connectivity index (χ1v) is 6.92. The van der Waals surface area contributed by atoms with Gasteiger partial charge in [-0.1, -0.05) is 18.2 Å². The standard InChI is InChI=1S/C17H16FN3O/c1-21(10-12-5-3-4-6-16(12)22-2)17-14-9-13(18)7-8-15(14)19-11-20-17/h3-9,11H,10H2,1-2H3. The molecular formula is C17H16FN3O. The Hall–Kier alpha value is -2.69. The van der Waals surface area contributed by atoms with Crippen LogP contribution in [-0.4, -0.2) is 24.1 Å². The van der Waals surface area contributed by atoms with E-state index in [0.717, 1.165) is 16.8 Å². The third kappa shape index (κ3) is 2.70. The van der Waals surface area contributed by atoms with E-state index < -0.39 is 0 Å². The molecule has 22 heavy (non-hydrogen) atoms. The highest BCUT2D eigenvalue weighted by Crippen LogP contribution is 2.26. The summed E-state index contributed by atoms with van der Waals surface area (Å²) in [5.74, 6) is 1.21. The second-order valence-corrected chi connectivity index (χ2v) is 5.03. The van der Waals surface area contributed by atoms with Crippen LogP contribution < -0.4 is 9.64 Å². The first kappa shape index (κ1) is 14.3. The summed E-state index contributed by atoms with van der Waals surface area (Å²) < 4.78 is 18.9. The van der Waals surface area contributed by atoms with Gasteiger partial charge < -0.3 is 9.64 Å². The Morgan fingerprint density at radius 1 is 1.14 bits per heavy atom. The maximum absolute atomic E-state index is 13.5. The molecule has 3 aromatic rings. The van der Waals surface area contributed by atoms with Gasteiger partial charge in [-0.2, -0.15) is 0 Å². The van der Waals surface area contributed by atoms with Gasteiger partial charge >= 0.3 is 0 Å². The summed E-state index contributed by atoms with van der Waals surface area (Å²) in [7, 11) is 3.56. The minimum absolute atomic E-state index is 0.297. The molecule has 0 amide bonds. The monoisotopic (exact) mass is 297 g/mol. The van der Waals surface area contributed by atoms with Gasteiger partial charge in [-0.25, -0.2) is 14.4 Å². The molecule has 1 heterocycles. The molecule has 0 bridgehead atoms. The molecule has 5 heteroatoms. The van der Waals surface area contributed by atoms with Crippen molar-refractivity contribution < 1.29 is 9.13 Å². The number of rotatable bonds is 4. The van der Waals surface area contributed by atoms with Gasteiger partial charge in [0, 0.05) is 24.5 Å². The lowest BCUT2D eigenvalue weighted by atomic mass is 10.1. The van der Waals surface area contributed by atoms with Gasteiger partial charge in [0.05, 0.1) is 12.6 Å². The highest BCUT2D eigenvalue weighted by molar-refractivity contribution is 5.89. The number of nitrogens with zero attached hydrogens (tertiary/aromatic N) is 3. The molecule has 0 unspecified atom stereocenters. The molecule has 0 spiro atoms. The molecule has 2 aromatic carbocycles. The summed E-state index contributed by atoms with van der Waals surface area (Å²) in [6.07, 6.45) is 1.49. The van der Waals surface area contributed by atoms with E-state index in [2.05, 4.69) is 9.97 Å². The zero-order valence-electron chi connectivity index (χ0n) is 12.5. The lowest BCUT2D eigenvalue weighted by Crippen LogP contribution is -2.18. The molecule has 0 atom stereocenters. The number of fused-ring (bicyclic) bond motifs is 1. The van der Waals surface area contributed by atoms with Crippen molar-refractivity contribution in [3.63, 3.8) is 0 Å². The first-order chi connectivity index (χ1) is 10.7. The van der Waals surface area contributed by atoms with Crippen molar-refractivity contribution >= 4 is 16.7 Å². The SMILES string of the molecule is COc1ccccc1CN(C)c1ncnc2ccc(F)cc12. The normalized spacial score (nSPS) is 10.7. The van der Waals surface area contributed by atoms with Gasteiger partial charge in [-0.15, -0.1) is 0 Å². The van der Waals surface area contributed by atoms with Gasteiger partial charge in [0.2, 0.25) is 0 Å². The fourth-order valence-electron chi connectivity index (χ4n) is 2.48. The Kier molecular flexibility index (Phi) is 3.87. The van der Waals surface area contributed by atoms with Gasteiger partial charge in [0.1, 0.15) is 23.7 Å². The molecule has 3 rings (SSSR count). The van der Waals surface area contributed by atoms with Crippen LogP contribution in [0.15, 0.2) is 48.8 Å². The minimum Gasteiger partial charge on any atom is -0.496 e. The van der Waals surface area contributed by atoms with Crippen LogP contribution >= 0.6 is 0 Å². The molecule has 0 aliphatic carbocycles. The maximum atomic E-state index is 13.5. The first-order valence-electron chi connectivity index (χ1n) is 6.92. The Balaban J connectivity index is 1.98. The predicted octanol–water partition coefficient (Wildman–Crippen LogP) is 3.41. The third-order valence-corrected chi connectivity index (χ3v) is 3.54. The summed E-state index contributed by atoms with van der Waals surface area (Å²) in [6.45, 7) is 0.604. The van der Waals surface area contributed by atoms with E-state index in [0.29, 0.717) is 17.7 Å². The van der Waals surface area contributed by atoms with Crippen molar-refractivity contribution in [1.29, 1.82) is 0 Å². The molecule has 112 valence electrons. The predicted molar refractivity (Wildman–Crippen MR) is 84.6 cm³/mol. The van der Waals surface area contributed by atoms with E-state index in [1.807, 2.05) is 36.2 Å². The lowest BCUT2D eigenvalue weighted by molar-refractivity contribution is 0.409. The molecule has 0 aliphatic rings. The molecule has 4 nitrogen and oxygen atoms in total. The van der Waals surface area contributed by atoms with Crippen LogP contribution in [-0.2, 0) is 6.54 Å². The molecule has 0 saturated heterocycles. The molecule has 0 radical (unpaired) electrons. The molecule has 0 fully saturated rings. The van der Waals surface area contributed by atoms with Crippen LogP contribution in [0.3, 0.4) is 0 Å². The second-order valence-electron chi connectivity index (χ2n) is 5.03. The number of ether oxygens (including phenoxy) is 1. The van der Waals surface area contributed by atoms with Crippen LogP contribution in [0, 0.1) is 5.82 Å². The van der Waals surface area contributed by atoms with Crippen molar-refractivity contribution in [2.75, 3.05) is 19.1 Å². The summed E-state index contributed by atoms with van der Waals surface area (Å²) in [5, 5.41) is 0.694. The van der Waals surface area contributed by atoms with Crippen molar-refractivity contribution in [3.05, 3.63) is 60.2 Å². The maximum Gasteiger partial charge on any atom is 0.140 e. The largest absolute Gasteiger partial charge is 0.496 e. The number of aromatic nitrogens is 2. The fourth-order valence-corrected chi connectivity index (χ4v) is 2.48. The van der Waals surface area contributed by atoms with Gasteiger partial charge in [0.15, 0.2) is 0 Å². The van der Waals surface area contributed by atoms with Gasteiger partial charge in [-0.05, 0) is 24.3 Å². The number of hydrogen-bond donors (Lipinski definition) is 0. The van der Waals surface area contributed by atoms with E-state index in [1.165, 1.54) is 18.5 Å². The van der Waals surface area contributed by atoms with Crippen molar-refractivity contribution in [3.8, 4) is 5.75 Å². The van der Waals surface area contributed by atoms with Crippen LogP contribution in [0.25, 0.3) is 10.9 Å². The van der Waals surface area contributed by atoms with Gasteiger partial charge in [-0.3, -0.25) is 0 Å². The number of methoxy groups -OCH3 is 1. The number of halogens is 1. The van der Waals surface area contributed by atoms with E-state index in [9.17, 15) is 4.39 Å². The van der Waals surface area contributed by atoms with Crippen LogP contribution in [0.4, 0.5) is 10.2 Å². The van der Waals surface area contributed by atoms with E-state index in [4.69, 9.17) is 4.74 Å². The Morgan fingerprint density at radius 3 is 2.77 bits per heavy atom. The summed E-state index contributed by atoms with van der Waals surface area (Å²) in [6, 6.07) is 12.3. The quantitative estimate of drug-likeness (QED) is 0.739. The van der Waals surface area contributed by atoms with E-state index in [-0.39, 0.29) is 5.82 Å². The lowest BCUT2D eigenvalue weighted by Gasteiger charge is -2.20. The Morgan fingerprint density at radius 2 is 1.95 bits per heavy atom. The average molecular weight is 297 g/mol. The summed E-state index contributed by atoms with van der Waals surface area (Å²) in [5.41, 5.74) is 1.76. The number of hydrogen-bond acceptors (Lipinski definition) is 4. The fraction of sp³-hybridized carbons (Fsp3) is 0.176. The Labute approximate surface area is 128 Å². The molecule has 0 saturated carbocycles. The average Bonchev–Trinajstić information content (AvgIpc) is 2.54. The smallest absolute Gasteiger partial charge is 0.140 e. The summed E-state index contributed by atoms with van der Waals surface area (Å²) in [4.78, 5) is 10.4. The number of para-hydroxylation sites is 1. The second kappa shape index (κ2) is 5.97. The summed E-state index contributed by atoms with van der Waals surface area (Å²) >= 11 is 0. The van der Waals surface area contributed by atoms with Crippen LogP contribution in [0.2, 0.25) is 0 Å². The van der Waals surface area contributed by atoms with Crippen molar-refractivity contribution in [2.45, 2.75) is 6.54 Å². The van der Waals surface area contributed by atoms with Gasteiger partial charge in [0.25, 0.3) is 0 Å².